The Kier molecular flexibility index (Phi) is 5.83. The van der Waals surface area contributed by atoms with Gasteiger partial charge < -0.3 is 9.73 Å². The van der Waals surface area contributed by atoms with Crippen molar-refractivity contribution in [2.24, 2.45) is 5.92 Å². The zero-order valence-corrected chi connectivity index (χ0v) is 13.8. The van der Waals surface area contributed by atoms with Crippen molar-refractivity contribution in [2.75, 3.05) is 19.6 Å². The smallest absolute Gasteiger partial charge is 0.134 e. The Labute approximate surface area is 128 Å². The highest BCUT2D eigenvalue weighted by Gasteiger charge is 2.15. The van der Waals surface area contributed by atoms with Crippen LogP contribution in [0.15, 0.2) is 28.7 Å². The average Bonchev–Trinajstić information content (AvgIpc) is 2.82. The molecule has 1 heterocycles. The second kappa shape index (κ2) is 7.62. The molecule has 0 spiro atoms. The van der Waals surface area contributed by atoms with Gasteiger partial charge in [0.1, 0.15) is 11.3 Å². The molecule has 3 nitrogen and oxygen atoms in total. The third-order valence-electron chi connectivity index (χ3n) is 3.90. The maximum atomic E-state index is 6.11. The van der Waals surface area contributed by atoms with Gasteiger partial charge >= 0.3 is 0 Å². The van der Waals surface area contributed by atoms with E-state index in [9.17, 15) is 0 Å². The van der Waals surface area contributed by atoms with Crippen LogP contribution < -0.4 is 5.32 Å². The molecule has 2 aromatic rings. The normalized spacial score (nSPS) is 11.9. The highest BCUT2D eigenvalue weighted by atomic mass is 16.3. The highest BCUT2D eigenvalue weighted by molar-refractivity contribution is 5.82. The fourth-order valence-electron chi connectivity index (χ4n) is 2.61. The second-order valence-corrected chi connectivity index (χ2v) is 5.99. The van der Waals surface area contributed by atoms with Crippen molar-refractivity contribution in [3.8, 4) is 0 Å². The van der Waals surface area contributed by atoms with E-state index < -0.39 is 0 Å². The molecule has 0 aliphatic heterocycles. The Bertz CT molecular complexity index is 555. The van der Waals surface area contributed by atoms with Gasteiger partial charge in [0.2, 0.25) is 0 Å². The lowest BCUT2D eigenvalue weighted by atomic mass is 10.1. The van der Waals surface area contributed by atoms with E-state index in [1.54, 1.807) is 0 Å². The predicted octanol–water partition coefficient (Wildman–Crippen LogP) is 4.02. The van der Waals surface area contributed by atoms with E-state index in [0.717, 1.165) is 44.1 Å². The number of furan rings is 1. The molecule has 0 atom stereocenters. The van der Waals surface area contributed by atoms with Gasteiger partial charge in [-0.05, 0) is 31.6 Å². The Hall–Kier alpha value is -1.32. The van der Waals surface area contributed by atoms with Crippen molar-refractivity contribution >= 4 is 11.0 Å². The molecule has 0 radical (unpaired) electrons. The van der Waals surface area contributed by atoms with Gasteiger partial charge in [-0.2, -0.15) is 0 Å². The largest absolute Gasteiger partial charge is 0.459 e. The van der Waals surface area contributed by atoms with Crippen LogP contribution in [0, 0.1) is 5.92 Å². The maximum absolute atomic E-state index is 6.11. The van der Waals surface area contributed by atoms with Crippen molar-refractivity contribution in [3.05, 3.63) is 35.6 Å². The molecule has 116 valence electrons. The van der Waals surface area contributed by atoms with Gasteiger partial charge in [0.05, 0.1) is 6.54 Å². The monoisotopic (exact) mass is 288 g/mol. The van der Waals surface area contributed by atoms with E-state index in [2.05, 4.69) is 56.1 Å². The van der Waals surface area contributed by atoms with Crippen LogP contribution in [0.25, 0.3) is 11.0 Å². The molecule has 1 aromatic heterocycles. The third-order valence-corrected chi connectivity index (χ3v) is 3.90. The lowest BCUT2D eigenvalue weighted by molar-refractivity contribution is 0.270. The summed E-state index contributed by atoms with van der Waals surface area (Å²) in [5.41, 5.74) is 2.32. The molecule has 0 unspecified atom stereocenters. The van der Waals surface area contributed by atoms with E-state index in [0.29, 0.717) is 5.92 Å². The topological polar surface area (TPSA) is 28.4 Å². The number of para-hydroxylation sites is 1. The highest BCUT2D eigenvalue weighted by Crippen LogP contribution is 2.26. The van der Waals surface area contributed by atoms with Crippen molar-refractivity contribution in [2.45, 2.75) is 40.8 Å². The summed E-state index contributed by atoms with van der Waals surface area (Å²) in [6.07, 6.45) is 0. The first-order chi connectivity index (χ1) is 10.2. The summed E-state index contributed by atoms with van der Waals surface area (Å²) in [7, 11) is 0. The minimum Gasteiger partial charge on any atom is -0.459 e. The van der Waals surface area contributed by atoms with Crippen molar-refractivity contribution in [1.29, 1.82) is 0 Å². The van der Waals surface area contributed by atoms with Gasteiger partial charge in [-0.15, -0.1) is 0 Å². The van der Waals surface area contributed by atoms with E-state index in [1.807, 2.05) is 6.07 Å². The van der Waals surface area contributed by atoms with Crippen LogP contribution in [-0.2, 0) is 13.1 Å². The first kappa shape index (κ1) is 16.1. The van der Waals surface area contributed by atoms with Crippen LogP contribution in [0.4, 0.5) is 0 Å². The van der Waals surface area contributed by atoms with E-state index in [-0.39, 0.29) is 0 Å². The molecule has 1 aromatic carbocycles. The number of hydrogen-bond donors (Lipinski definition) is 1. The summed E-state index contributed by atoms with van der Waals surface area (Å²) >= 11 is 0. The molecule has 2 rings (SSSR count). The van der Waals surface area contributed by atoms with Crippen molar-refractivity contribution in [3.63, 3.8) is 0 Å². The minimum absolute atomic E-state index is 0.661. The molecule has 0 saturated carbocycles. The number of benzene rings is 1. The van der Waals surface area contributed by atoms with Gasteiger partial charge in [0, 0.05) is 17.5 Å². The Balaban J connectivity index is 2.25. The van der Waals surface area contributed by atoms with Gasteiger partial charge in [0.25, 0.3) is 0 Å². The fraction of sp³-hybridized carbons (Fsp3) is 0.556. The third kappa shape index (κ3) is 4.08. The van der Waals surface area contributed by atoms with Gasteiger partial charge in [-0.25, -0.2) is 0 Å². The number of hydrogen-bond acceptors (Lipinski definition) is 3. The summed E-state index contributed by atoms with van der Waals surface area (Å²) in [4.78, 5) is 2.39. The van der Waals surface area contributed by atoms with E-state index in [1.165, 1.54) is 10.9 Å². The Morgan fingerprint density at radius 3 is 2.52 bits per heavy atom. The number of nitrogens with zero attached hydrogens (tertiary/aromatic N) is 1. The lowest BCUT2D eigenvalue weighted by Crippen LogP contribution is -2.24. The molecule has 0 fully saturated rings. The van der Waals surface area contributed by atoms with E-state index >= 15 is 0 Å². The molecule has 21 heavy (non-hydrogen) atoms. The molecule has 0 aliphatic carbocycles. The zero-order chi connectivity index (χ0) is 15.2. The summed E-state index contributed by atoms with van der Waals surface area (Å²) in [5.74, 6) is 1.77. The summed E-state index contributed by atoms with van der Waals surface area (Å²) < 4.78 is 6.11. The van der Waals surface area contributed by atoms with Crippen LogP contribution in [-0.4, -0.2) is 24.5 Å². The lowest BCUT2D eigenvalue weighted by Gasteiger charge is -2.17. The second-order valence-electron chi connectivity index (χ2n) is 5.99. The average molecular weight is 288 g/mol. The van der Waals surface area contributed by atoms with Gasteiger partial charge in [-0.3, -0.25) is 4.90 Å². The van der Waals surface area contributed by atoms with Crippen LogP contribution in [0.2, 0.25) is 0 Å². The van der Waals surface area contributed by atoms with E-state index in [4.69, 9.17) is 4.42 Å². The number of rotatable bonds is 8. The fourth-order valence-corrected chi connectivity index (χ4v) is 2.61. The van der Waals surface area contributed by atoms with Crippen LogP contribution in [0.3, 0.4) is 0 Å². The van der Waals surface area contributed by atoms with Gasteiger partial charge in [0.15, 0.2) is 0 Å². The molecule has 0 saturated heterocycles. The number of nitrogens with one attached hydrogen (secondary N) is 1. The van der Waals surface area contributed by atoms with Crippen LogP contribution >= 0.6 is 0 Å². The SMILES string of the molecule is CCN(CC)Cc1oc2ccccc2c1CNCC(C)C. The Morgan fingerprint density at radius 1 is 1.14 bits per heavy atom. The predicted molar refractivity (Wildman–Crippen MR) is 89.4 cm³/mol. The molecular weight excluding hydrogens is 260 g/mol. The Morgan fingerprint density at radius 2 is 1.86 bits per heavy atom. The van der Waals surface area contributed by atoms with Crippen LogP contribution in [0.5, 0.6) is 0 Å². The van der Waals surface area contributed by atoms with Crippen molar-refractivity contribution < 1.29 is 4.42 Å². The molecule has 0 amide bonds. The summed E-state index contributed by atoms with van der Waals surface area (Å²) in [5, 5.41) is 4.80. The van der Waals surface area contributed by atoms with Gasteiger partial charge in [-0.1, -0.05) is 45.9 Å². The summed E-state index contributed by atoms with van der Waals surface area (Å²) in [6, 6.07) is 8.35. The van der Waals surface area contributed by atoms with Crippen molar-refractivity contribution in [1.82, 2.24) is 10.2 Å². The quantitative estimate of drug-likeness (QED) is 0.795. The molecule has 3 heteroatoms. The molecule has 0 bridgehead atoms. The number of fused-ring (bicyclic) bond motifs is 1. The zero-order valence-electron chi connectivity index (χ0n) is 13.8. The maximum Gasteiger partial charge on any atom is 0.134 e. The van der Waals surface area contributed by atoms with Crippen LogP contribution in [0.1, 0.15) is 39.0 Å². The first-order valence-corrected chi connectivity index (χ1v) is 8.08. The molecule has 1 N–H and O–H groups in total. The molecular formula is C18H28N2O. The first-order valence-electron chi connectivity index (χ1n) is 8.08. The summed E-state index contributed by atoms with van der Waals surface area (Å²) in [6.45, 7) is 13.8. The standard InChI is InChI=1S/C18H28N2O/c1-5-20(6-2)13-18-16(12-19-11-14(3)4)15-9-7-8-10-17(15)21-18/h7-10,14,19H,5-6,11-13H2,1-4H3. The molecule has 0 aliphatic rings. The minimum atomic E-state index is 0.661.